The van der Waals surface area contributed by atoms with E-state index in [4.69, 9.17) is 5.11 Å². The number of carbonyl (C=O) groups is 1. The minimum atomic E-state index is -3.77. The monoisotopic (exact) mass is 374 g/mol. The molecule has 2 aromatic carbocycles. The lowest BCUT2D eigenvalue weighted by Gasteiger charge is -2.24. The van der Waals surface area contributed by atoms with Crippen LogP contribution in [0.25, 0.3) is 0 Å². The summed E-state index contributed by atoms with van der Waals surface area (Å²) in [6.45, 7) is 2.20. The molecule has 0 radical (unpaired) electrons. The van der Waals surface area contributed by atoms with Crippen LogP contribution >= 0.6 is 0 Å². The number of hydrogen-bond acceptors (Lipinski definition) is 4. The van der Waals surface area contributed by atoms with Gasteiger partial charge in [0.05, 0.1) is 10.6 Å². The smallest absolute Gasteiger partial charge is 0.264 e. The van der Waals surface area contributed by atoms with E-state index in [-0.39, 0.29) is 29.0 Å². The van der Waals surface area contributed by atoms with Crippen LogP contribution in [0.15, 0.2) is 53.4 Å². The molecule has 0 bridgehead atoms. The molecular formula is C19H22N2O4S. The first-order valence-corrected chi connectivity index (χ1v) is 10.0. The zero-order chi connectivity index (χ0) is 18.7. The molecular weight excluding hydrogens is 352 g/mol. The van der Waals surface area contributed by atoms with Gasteiger partial charge in [-0.05, 0) is 49.6 Å². The van der Waals surface area contributed by atoms with Crippen molar-refractivity contribution < 1.29 is 18.3 Å². The molecule has 0 fully saturated rings. The molecule has 0 saturated carbocycles. The third-order valence-corrected chi connectivity index (χ3v) is 6.34. The average molecular weight is 374 g/mol. The van der Waals surface area contributed by atoms with E-state index in [9.17, 15) is 13.2 Å². The number of sulfonamides is 1. The molecule has 1 amide bonds. The number of benzene rings is 2. The SMILES string of the molecule is C[C@@H]1Cc2ccccc2N1S(=O)(=O)c1cccc(C(=O)NCCCO)c1. The Bertz CT molecular complexity index is 911. The van der Waals surface area contributed by atoms with Crippen LogP contribution < -0.4 is 9.62 Å². The van der Waals surface area contributed by atoms with Crippen LogP contribution in [-0.4, -0.2) is 38.6 Å². The van der Waals surface area contributed by atoms with Gasteiger partial charge in [0.2, 0.25) is 0 Å². The molecule has 3 rings (SSSR count). The van der Waals surface area contributed by atoms with Crippen molar-refractivity contribution in [3.63, 3.8) is 0 Å². The molecule has 1 heterocycles. The number of nitrogens with zero attached hydrogens (tertiary/aromatic N) is 1. The highest BCUT2D eigenvalue weighted by atomic mass is 32.2. The lowest BCUT2D eigenvalue weighted by molar-refractivity contribution is 0.0951. The van der Waals surface area contributed by atoms with E-state index >= 15 is 0 Å². The summed E-state index contributed by atoms with van der Waals surface area (Å²) < 4.78 is 27.8. The highest BCUT2D eigenvalue weighted by Gasteiger charge is 2.36. The molecule has 1 aliphatic rings. The summed E-state index contributed by atoms with van der Waals surface area (Å²) in [5.74, 6) is -0.356. The normalized spacial score (nSPS) is 16.4. The molecule has 0 unspecified atom stereocenters. The largest absolute Gasteiger partial charge is 0.396 e. The topological polar surface area (TPSA) is 86.7 Å². The van der Waals surface area contributed by atoms with Crippen molar-refractivity contribution in [2.45, 2.75) is 30.7 Å². The Hall–Kier alpha value is -2.38. The molecule has 1 atom stereocenters. The van der Waals surface area contributed by atoms with E-state index in [2.05, 4.69) is 5.32 Å². The molecule has 2 N–H and O–H groups in total. The molecule has 0 spiro atoms. The fraction of sp³-hybridized carbons (Fsp3) is 0.316. The van der Waals surface area contributed by atoms with Crippen LogP contribution in [0.1, 0.15) is 29.3 Å². The molecule has 0 aromatic heterocycles. The van der Waals surface area contributed by atoms with Crippen molar-refractivity contribution in [3.05, 3.63) is 59.7 Å². The van der Waals surface area contributed by atoms with Crippen LogP contribution in [0.4, 0.5) is 5.69 Å². The Kier molecular flexibility index (Phi) is 5.29. The van der Waals surface area contributed by atoms with Gasteiger partial charge in [0, 0.05) is 24.8 Å². The Balaban J connectivity index is 1.91. The minimum Gasteiger partial charge on any atom is -0.396 e. The van der Waals surface area contributed by atoms with Crippen LogP contribution in [0, 0.1) is 0 Å². The number of aliphatic hydroxyl groups is 1. The van der Waals surface area contributed by atoms with E-state index < -0.39 is 10.0 Å². The maximum absolute atomic E-state index is 13.2. The fourth-order valence-electron chi connectivity index (χ4n) is 3.20. The van der Waals surface area contributed by atoms with Gasteiger partial charge in [-0.15, -0.1) is 0 Å². The van der Waals surface area contributed by atoms with Crippen molar-refractivity contribution in [1.82, 2.24) is 5.32 Å². The molecule has 26 heavy (non-hydrogen) atoms. The first-order chi connectivity index (χ1) is 12.4. The highest BCUT2D eigenvalue weighted by Crippen LogP contribution is 2.36. The Labute approximate surface area is 153 Å². The van der Waals surface area contributed by atoms with Crippen molar-refractivity contribution in [2.75, 3.05) is 17.5 Å². The molecule has 7 heteroatoms. The van der Waals surface area contributed by atoms with Gasteiger partial charge in [0.15, 0.2) is 0 Å². The number of fused-ring (bicyclic) bond motifs is 1. The van der Waals surface area contributed by atoms with E-state index in [0.29, 0.717) is 25.1 Å². The number of hydrogen-bond donors (Lipinski definition) is 2. The van der Waals surface area contributed by atoms with Gasteiger partial charge in [0.25, 0.3) is 15.9 Å². The number of anilines is 1. The number of aliphatic hydroxyl groups excluding tert-OH is 1. The van der Waals surface area contributed by atoms with E-state index in [1.807, 2.05) is 31.2 Å². The molecule has 2 aromatic rings. The molecule has 0 aliphatic carbocycles. The summed E-state index contributed by atoms with van der Waals surface area (Å²) in [5, 5.41) is 11.5. The van der Waals surface area contributed by atoms with E-state index in [0.717, 1.165) is 5.56 Å². The molecule has 138 valence electrons. The lowest BCUT2D eigenvalue weighted by atomic mass is 10.1. The number of rotatable bonds is 6. The van der Waals surface area contributed by atoms with Gasteiger partial charge >= 0.3 is 0 Å². The van der Waals surface area contributed by atoms with Gasteiger partial charge in [-0.2, -0.15) is 0 Å². The Morgan fingerprint density at radius 3 is 2.77 bits per heavy atom. The highest BCUT2D eigenvalue weighted by molar-refractivity contribution is 7.92. The Morgan fingerprint density at radius 1 is 1.23 bits per heavy atom. The van der Waals surface area contributed by atoms with Crippen LogP contribution in [0.5, 0.6) is 0 Å². The van der Waals surface area contributed by atoms with Crippen LogP contribution in [0.2, 0.25) is 0 Å². The molecule has 1 aliphatic heterocycles. The van der Waals surface area contributed by atoms with Gasteiger partial charge < -0.3 is 10.4 Å². The second kappa shape index (κ2) is 7.47. The fourth-order valence-corrected chi connectivity index (χ4v) is 4.94. The minimum absolute atomic E-state index is 0.0129. The first-order valence-electron chi connectivity index (χ1n) is 8.56. The summed E-state index contributed by atoms with van der Waals surface area (Å²) in [6, 6.07) is 13.3. The second-order valence-electron chi connectivity index (χ2n) is 6.34. The summed E-state index contributed by atoms with van der Waals surface area (Å²) >= 11 is 0. The average Bonchev–Trinajstić information content (AvgIpc) is 2.98. The number of para-hydroxylation sites is 1. The second-order valence-corrected chi connectivity index (χ2v) is 8.16. The predicted octanol–water partition coefficient (Wildman–Crippen LogP) is 1.94. The summed E-state index contributed by atoms with van der Waals surface area (Å²) in [4.78, 5) is 12.3. The number of amides is 1. The first kappa shape index (κ1) is 18.4. The summed E-state index contributed by atoms with van der Waals surface area (Å²) in [7, 11) is -3.77. The number of nitrogens with one attached hydrogen (secondary N) is 1. The van der Waals surface area contributed by atoms with Crippen molar-refractivity contribution in [2.24, 2.45) is 0 Å². The van der Waals surface area contributed by atoms with Crippen LogP contribution in [0.3, 0.4) is 0 Å². The predicted molar refractivity (Wildman–Crippen MR) is 99.8 cm³/mol. The van der Waals surface area contributed by atoms with Crippen LogP contribution in [-0.2, 0) is 16.4 Å². The standard InChI is InChI=1S/C19H22N2O4S/c1-14-12-15-6-2-3-9-18(15)21(14)26(24,25)17-8-4-7-16(13-17)19(23)20-10-5-11-22/h2-4,6-9,13-14,22H,5,10-12H2,1H3,(H,20,23)/t14-/m1/s1. The van der Waals surface area contributed by atoms with Gasteiger partial charge in [-0.1, -0.05) is 24.3 Å². The van der Waals surface area contributed by atoms with E-state index in [1.165, 1.54) is 16.4 Å². The summed E-state index contributed by atoms with van der Waals surface area (Å²) in [5.41, 5.74) is 1.98. The van der Waals surface area contributed by atoms with Gasteiger partial charge in [-0.3, -0.25) is 9.10 Å². The zero-order valence-electron chi connectivity index (χ0n) is 14.6. The maximum Gasteiger partial charge on any atom is 0.264 e. The lowest BCUT2D eigenvalue weighted by Crippen LogP contribution is -2.36. The molecule has 6 nitrogen and oxygen atoms in total. The van der Waals surface area contributed by atoms with Crippen molar-refractivity contribution >= 4 is 21.6 Å². The number of carbonyl (C=O) groups excluding carboxylic acids is 1. The van der Waals surface area contributed by atoms with Gasteiger partial charge in [-0.25, -0.2) is 8.42 Å². The third kappa shape index (κ3) is 3.45. The van der Waals surface area contributed by atoms with Crippen molar-refractivity contribution in [1.29, 1.82) is 0 Å². The molecule has 0 saturated heterocycles. The summed E-state index contributed by atoms with van der Waals surface area (Å²) in [6.07, 6.45) is 1.11. The van der Waals surface area contributed by atoms with E-state index in [1.54, 1.807) is 12.1 Å². The third-order valence-electron chi connectivity index (χ3n) is 4.42. The quantitative estimate of drug-likeness (QED) is 0.757. The maximum atomic E-state index is 13.2. The Morgan fingerprint density at radius 2 is 2.00 bits per heavy atom. The zero-order valence-corrected chi connectivity index (χ0v) is 15.4. The van der Waals surface area contributed by atoms with Gasteiger partial charge in [0.1, 0.15) is 0 Å². The van der Waals surface area contributed by atoms with Crippen molar-refractivity contribution in [3.8, 4) is 0 Å².